The quantitative estimate of drug-likeness (QED) is 0.355. The van der Waals surface area contributed by atoms with E-state index in [4.69, 9.17) is 4.74 Å². The predicted octanol–water partition coefficient (Wildman–Crippen LogP) is 5.96. The zero-order valence-electron chi connectivity index (χ0n) is 20.7. The van der Waals surface area contributed by atoms with Crippen molar-refractivity contribution in [2.24, 2.45) is 0 Å². The Hall–Kier alpha value is -2.70. The minimum absolute atomic E-state index is 0.0298. The molecule has 0 aromatic heterocycles. The maximum absolute atomic E-state index is 13.7. The van der Waals surface area contributed by atoms with Gasteiger partial charge in [-0.1, -0.05) is 0 Å². The van der Waals surface area contributed by atoms with Crippen molar-refractivity contribution in [2.45, 2.75) is 65.1 Å². The van der Waals surface area contributed by atoms with Gasteiger partial charge in [0.25, 0.3) is 0 Å². The summed E-state index contributed by atoms with van der Waals surface area (Å²) in [5.74, 6) is -0.140. The summed E-state index contributed by atoms with van der Waals surface area (Å²) in [5.41, 5.74) is 4.01. The van der Waals surface area contributed by atoms with Crippen LogP contribution in [-0.2, 0) is 20.9 Å². The van der Waals surface area contributed by atoms with Gasteiger partial charge in [-0.05, 0) is 0 Å². The van der Waals surface area contributed by atoms with Crippen molar-refractivity contribution in [1.82, 2.24) is 0 Å². The molecule has 3 rings (SSSR count). The number of rotatable bonds is 9. The van der Waals surface area contributed by atoms with Gasteiger partial charge in [-0.25, -0.2) is 0 Å². The number of nitrogens with zero attached hydrogens (tertiary/aromatic N) is 1. The van der Waals surface area contributed by atoms with Gasteiger partial charge in [0.2, 0.25) is 0 Å². The fourth-order valence-electron chi connectivity index (χ4n) is 5.42. The molecule has 5 nitrogen and oxygen atoms in total. The third-order valence-electron chi connectivity index (χ3n) is 7.13. The van der Waals surface area contributed by atoms with Crippen LogP contribution in [0.3, 0.4) is 0 Å². The number of hydrogen-bond acceptors (Lipinski definition) is 4. The van der Waals surface area contributed by atoms with Crippen LogP contribution < -0.4 is 5.32 Å². The van der Waals surface area contributed by atoms with Crippen molar-refractivity contribution in [3.63, 3.8) is 0 Å². The summed E-state index contributed by atoms with van der Waals surface area (Å²) < 4.78 is 5.68. The molecule has 0 spiro atoms. The second-order valence-electron chi connectivity index (χ2n) is 9.67. The number of anilines is 1. The van der Waals surface area contributed by atoms with Crippen LogP contribution in [0.1, 0.15) is 61.3 Å². The van der Waals surface area contributed by atoms with Crippen molar-refractivity contribution in [2.75, 3.05) is 23.8 Å². The first kappa shape index (κ1) is 25.9. The van der Waals surface area contributed by atoms with Crippen molar-refractivity contribution in [3.8, 4) is 6.07 Å². The summed E-state index contributed by atoms with van der Waals surface area (Å²) in [4.78, 5) is 26.7. The Bertz CT molecular complexity index is 1020. The van der Waals surface area contributed by atoms with Gasteiger partial charge in [0, 0.05) is 0 Å². The summed E-state index contributed by atoms with van der Waals surface area (Å²) in [7, 11) is -2.24. The van der Waals surface area contributed by atoms with Crippen molar-refractivity contribution < 1.29 is 14.3 Å². The third-order valence-corrected chi connectivity index (χ3v) is 12.9. The van der Waals surface area contributed by atoms with E-state index in [1.54, 1.807) is 0 Å². The molecule has 1 saturated heterocycles. The average molecular weight is 481 g/mol. The van der Waals surface area contributed by atoms with E-state index in [1.807, 2.05) is 56.3 Å². The van der Waals surface area contributed by atoms with Gasteiger partial charge in [0.15, 0.2) is 0 Å². The SMILES string of the molecule is CCCC(C(=O)Nc1c(C)cc(C#N)cc1C)[PH]1(CC(=O)OCc2ccccc2)CCCCC1. The van der Waals surface area contributed by atoms with E-state index < -0.39 is 7.26 Å². The molecule has 1 amide bonds. The van der Waals surface area contributed by atoms with E-state index in [1.165, 1.54) is 6.42 Å². The monoisotopic (exact) mass is 480 g/mol. The third kappa shape index (κ3) is 6.45. The molecule has 1 aliphatic heterocycles. The molecule has 1 unspecified atom stereocenters. The molecule has 1 atom stereocenters. The van der Waals surface area contributed by atoms with E-state index in [9.17, 15) is 14.9 Å². The van der Waals surface area contributed by atoms with E-state index in [2.05, 4.69) is 18.3 Å². The summed E-state index contributed by atoms with van der Waals surface area (Å²) in [6.07, 6.45) is 7.43. The first-order chi connectivity index (χ1) is 16.4. The molecule has 0 bridgehead atoms. The van der Waals surface area contributed by atoms with Crippen LogP contribution in [0.5, 0.6) is 0 Å². The van der Waals surface area contributed by atoms with Gasteiger partial charge < -0.3 is 0 Å². The topological polar surface area (TPSA) is 79.2 Å². The first-order valence-corrected chi connectivity index (χ1v) is 15.1. The maximum atomic E-state index is 13.7. The predicted molar refractivity (Wildman–Crippen MR) is 141 cm³/mol. The summed E-state index contributed by atoms with van der Waals surface area (Å²) in [5, 5.41) is 12.4. The first-order valence-electron chi connectivity index (χ1n) is 12.4. The second-order valence-corrected chi connectivity index (χ2v) is 14.4. The molecule has 0 saturated carbocycles. The number of hydrogen-bond donors (Lipinski definition) is 1. The Balaban J connectivity index is 1.80. The molecule has 34 heavy (non-hydrogen) atoms. The number of aryl methyl sites for hydroxylation is 2. The van der Waals surface area contributed by atoms with Gasteiger partial charge in [-0.3, -0.25) is 0 Å². The van der Waals surface area contributed by atoms with Crippen molar-refractivity contribution in [1.29, 1.82) is 5.26 Å². The number of benzene rings is 2. The van der Waals surface area contributed by atoms with Crippen LogP contribution in [-0.4, -0.2) is 36.0 Å². The normalized spacial score (nSPS) is 16.6. The van der Waals surface area contributed by atoms with E-state index in [-0.39, 0.29) is 24.1 Å². The minimum atomic E-state index is -2.24. The molecule has 1 heterocycles. The number of nitrogens with one attached hydrogen (secondary N) is 1. The Morgan fingerprint density at radius 2 is 1.74 bits per heavy atom. The zero-order valence-corrected chi connectivity index (χ0v) is 21.7. The number of esters is 1. The zero-order chi connectivity index (χ0) is 24.6. The summed E-state index contributed by atoms with van der Waals surface area (Å²) in [6, 6.07) is 15.5. The Morgan fingerprint density at radius 1 is 1.09 bits per heavy atom. The number of amides is 1. The van der Waals surface area contributed by atoms with Gasteiger partial charge in [-0.2, -0.15) is 0 Å². The van der Waals surface area contributed by atoms with Crippen molar-refractivity contribution >= 4 is 24.8 Å². The molecular formula is C28H37N2O3P. The van der Waals surface area contributed by atoms with Crippen LogP contribution in [0.4, 0.5) is 5.69 Å². The molecule has 182 valence electrons. The second kappa shape index (κ2) is 12.1. The summed E-state index contributed by atoms with van der Waals surface area (Å²) in [6.45, 7) is 6.23. The molecule has 0 aliphatic carbocycles. The molecule has 2 aromatic carbocycles. The molecular weight excluding hydrogens is 443 g/mol. The van der Waals surface area contributed by atoms with E-state index >= 15 is 0 Å². The van der Waals surface area contributed by atoms with E-state index in [0.717, 1.165) is 60.4 Å². The Kier molecular flexibility index (Phi) is 9.25. The number of carbonyl (C=O) groups is 2. The summed E-state index contributed by atoms with van der Waals surface area (Å²) >= 11 is 0. The fraction of sp³-hybridized carbons (Fsp3) is 0.464. The van der Waals surface area contributed by atoms with Crippen LogP contribution in [0, 0.1) is 25.2 Å². The van der Waals surface area contributed by atoms with Crippen LogP contribution in [0.2, 0.25) is 0 Å². The van der Waals surface area contributed by atoms with Gasteiger partial charge >= 0.3 is 204 Å². The van der Waals surface area contributed by atoms with E-state index in [0.29, 0.717) is 11.7 Å². The molecule has 6 heteroatoms. The number of nitriles is 1. The molecule has 0 radical (unpaired) electrons. The van der Waals surface area contributed by atoms with Crippen LogP contribution in [0.15, 0.2) is 42.5 Å². The van der Waals surface area contributed by atoms with Gasteiger partial charge in [0.05, 0.1) is 0 Å². The van der Waals surface area contributed by atoms with Crippen LogP contribution in [0.25, 0.3) is 0 Å². The average Bonchev–Trinajstić information content (AvgIpc) is 2.84. The van der Waals surface area contributed by atoms with Crippen molar-refractivity contribution in [3.05, 3.63) is 64.7 Å². The molecule has 1 N–H and O–H groups in total. The molecule has 1 fully saturated rings. The fourth-order valence-corrected chi connectivity index (χ4v) is 11.1. The number of carbonyl (C=O) groups excluding carboxylic acids is 2. The Labute approximate surface area is 204 Å². The molecule has 1 aliphatic rings. The molecule has 2 aromatic rings. The Morgan fingerprint density at radius 3 is 2.32 bits per heavy atom. The van der Waals surface area contributed by atoms with Gasteiger partial charge in [0.1, 0.15) is 0 Å². The number of ether oxygens (including phenoxy) is 1. The standard InChI is InChI=1S/C28H37N2O3P/c1-4-11-25(28(32)30-27-21(2)16-24(18-29)17-22(27)3)34(14-9-6-10-15-34)20-26(31)33-19-23-12-7-5-8-13-23/h5,7-8,12-13,16-17,25,34H,4,6,9-11,14-15,19-20H2,1-3H3,(H,30,32). The van der Waals surface area contributed by atoms with Crippen LogP contribution >= 0.6 is 7.26 Å². The van der Waals surface area contributed by atoms with Gasteiger partial charge in [-0.15, -0.1) is 0 Å².